The Bertz CT molecular complexity index is 703. The zero-order valence-corrected chi connectivity index (χ0v) is 13.2. The first-order valence-electron chi connectivity index (χ1n) is 7.27. The topological polar surface area (TPSA) is 71.1 Å². The molecule has 0 atom stereocenters. The molecule has 0 aliphatic rings. The van der Waals surface area contributed by atoms with Crippen molar-refractivity contribution in [3.63, 3.8) is 0 Å². The van der Waals surface area contributed by atoms with Gasteiger partial charge >= 0.3 is 0 Å². The number of amides is 2. The number of anilines is 1. The first kappa shape index (κ1) is 16.4. The normalized spacial score (nSPS) is 9.83. The lowest BCUT2D eigenvalue weighted by molar-refractivity contribution is -0.111. The summed E-state index contributed by atoms with van der Waals surface area (Å²) in [5, 5.41) is 5.61. The molecule has 0 saturated carbocycles. The molecule has 0 bridgehead atoms. The predicted octanol–water partition coefficient (Wildman–Crippen LogP) is 2.92. The molecule has 1 heterocycles. The molecule has 0 unspecified atom stereocenters. The number of hydrogen-bond donors (Lipinski definition) is 2. The number of carbonyl (C=O) groups is 2. The number of nitrogens with one attached hydrogen (secondary N) is 2. The molecule has 0 aliphatic heterocycles. The van der Waals surface area contributed by atoms with Gasteiger partial charge < -0.3 is 10.6 Å². The van der Waals surface area contributed by atoms with Crippen molar-refractivity contribution in [1.29, 1.82) is 0 Å². The number of carbonyl (C=O) groups excluding carboxylic acids is 2. The van der Waals surface area contributed by atoms with E-state index in [9.17, 15) is 9.59 Å². The molecule has 0 spiro atoms. The minimum atomic E-state index is -0.168. The van der Waals surface area contributed by atoms with Crippen LogP contribution in [0.1, 0.15) is 29.8 Å². The van der Waals surface area contributed by atoms with E-state index in [2.05, 4.69) is 15.6 Å². The van der Waals surface area contributed by atoms with Gasteiger partial charge in [0.05, 0.1) is 5.56 Å². The molecule has 5 nitrogen and oxygen atoms in total. The molecule has 0 aliphatic carbocycles. The van der Waals surface area contributed by atoms with Crippen molar-refractivity contribution in [2.75, 3.05) is 5.32 Å². The lowest BCUT2D eigenvalue weighted by atomic mass is 10.2. The molecule has 23 heavy (non-hydrogen) atoms. The van der Waals surface area contributed by atoms with Gasteiger partial charge in [0.1, 0.15) is 0 Å². The lowest BCUT2D eigenvalue weighted by Gasteiger charge is -2.07. The molecule has 2 amide bonds. The third-order valence-corrected chi connectivity index (χ3v) is 3.02. The van der Waals surface area contributed by atoms with Crippen LogP contribution in [0.15, 0.2) is 60.4 Å². The molecule has 0 radical (unpaired) electrons. The third-order valence-electron chi connectivity index (χ3n) is 3.02. The van der Waals surface area contributed by atoms with E-state index in [-0.39, 0.29) is 11.8 Å². The highest BCUT2D eigenvalue weighted by molar-refractivity contribution is 5.99. The second-order valence-electron chi connectivity index (χ2n) is 5.33. The second kappa shape index (κ2) is 7.89. The van der Waals surface area contributed by atoms with Gasteiger partial charge in [0.25, 0.3) is 5.91 Å². The summed E-state index contributed by atoms with van der Waals surface area (Å²) in [4.78, 5) is 27.5. The van der Waals surface area contributed by atoms with Gasteiger partial charge in [-0.1, -0.05) is 17.7 Å². The van der Waals surface area contributed by atoms with Crippen molar-refractivity contribution >= 4 is 17.5 Å². The standard InChI is InChI=1S/C18H19N3O2/c1-13(2)10-17(22)21-16-7-5-14(6-8-16)11-20-18(23)15-4-3-9-19-12-15/h3-10,12H,11H2,1-2H3,(H,20,23)(H,21,22). The van der Waals surface area contributed by atoms with Crippen LogP contribution in [-0.2, 0) is 11.3 Å². The average Bonchev–Trinajstić information content (AvgIpc) is 2.54. The highest BCUT2D eigenvalue weighted by atomic mass is 16.2. The lowest BCUT2D eigenvalue weighted by Crippen LogP contribution is -2.22. The molecule has 2 N–H and O–H groups in total. The summed E-state index contributed by atoms with van der Waals surface area (Å²) in [6.07, 6.45) is 4.69. The number of nitrogens with zero attached hydrogens (tertiary/aromatic N) is 1. The Morgan fingerprint density at radius 2 is 1.87 bits per heavy atom. The van der Waals surface area contributed by atoms with Gasteiger partial charge in [-0.05, 0) is 43.7 Å². The number of allylic oxidation sites excluding steroid dienone is 1. The van der Waals surface area contributed by atoms with Crippen LogP contribution < -0.4 is 10.6 Å². The van der Waals surface area contributed by atoms with Gasteiger partial charge in [-0.3, -0.25) is 14.6 Å². The Labute approximate surface area is 135 Å². The maximum atomic E-state index is 11.9. The maximum Gasteiger partial charge on any atom is 0.253 e. The third kappa shape index (κ3) is 5.39. The summed E-state index contributed by atoms with van der Waals surface area (Å²) >= 11 is 0. The number of benzene rings is 1. The Morgan fingerprint density at radius 3 is 2.48 bits per heavy atom. The zero-order chi connectivity index (χ0) is 16.7. The molecular weight excluding hydrogens is 290 g/mol. The molecular formula is C18H19N3O2. The Balaban J connectivity index is 1.89. The summed E-state index contributed by atoms with van der Waals surface area (Å²) in [5.74, 6) is -0.318. The Morgan fingerprint density at radius 1 is 1.13 bits per heavy atom. The number of aromatic nitrogens is 1. The molecule has 118 valence electrons. The van der Waals surface area contributed by atoms with Crippen LogP contribution in [0.3, 0.4) is 0 Å². The predicted molar refractivity (Wildman–Crippen MR) is 89.9 cm³/mol. The van der Waals surface area contributed by atoms with E-state index in [4.69, 9.17) is 0 Å². The van der Waals surface area contributed by atoms with E-state index in [1.54, 1.807) is 24.4 Å². The highest BCUT2D eigenvalue weighted by Gasteiger charge is 2.05. The fourth-order valence-corrected chi connectivity index (χ4v) is 1.93. The number of rotatable bonds is 5. The van der Waals surface area contributed by atoms with E-state index < -0.39 is 0 Å². The minimum Gasteiger partial charge on any atom is -0.348 e. The second-order valence-corrected chi connectivity index (χ2v) is 5.33. The summed E-state index contributed by atoms with van der Waals surface area (Å²) in [7, 11) is 0. The molecule has 0 fully saturated rings. The smallest absolute Gasteiger partial charge is 0.253 e. The van der Waals surface area contributed by atoms with E-state index in [1.807, 2.05) is 38.1 Å². The first-order valence-corrected chi connectivity index (χ1v) is 7.27. The van der Waals surface area contributed by atoms with Crippen LogP contribution in [0.5, 0.6) is 0 Å². The summed E-state index contributed by atoms with van der Waals surface area (Å²) in [6, 6.07) is 10.8. The van der Waals surface area contributed by atoms with Gasteiger partial charge in [0.2, 0.25) is 5.91 Å². The van der Waals surface area contributed by atoms with Gasteiger partial charge in [-0.25, -0.2) is 0 Å². The van der Waals surface area contributed by atoms with Crippen molar-refractivity contribution in [3.8, 4) is 0 Å². The maximum absolute atomic E-state index is 11.9. The van der Waals surface area contributed by atoms with Gasteiger partial charge in [0.15, 0.2) is 0 Å². The zero-order valence-electron chi connectivity index (χ0n) is 13.2. The molecule has 1 aromatic carbocycles. The number of hydrogen-bond acceptors (Lipinski definition) is 3. The van der Waals surface area contributed by atoms with Crippen LogP contribution >= 0.6 is 0 Å². The van der Waals surface area contributed by atoms with Crippen LogP contribution in [-0.4, -0.2) is 16.8 Å². The van der Waals surface area contributed by atoms with Gasteiger partial charge in [0, 0.05) is 30.7 Å². The molecule has 1 aromatic heterocycles. The SMILES string of the molecule is CC(C)=CC(=O)Nc1ccc(CNC(=O)c2cccnc2)cc1. The van der Waals surface area contributed by atoms with Gasteiger partial charge in [-0.15, -0.1) is 0 Å². The van der Waals surface area contributed by atoms with Crippen molar-refractivity contribution in [3.05, 3.63) is 71.6 Å². The Kier molecular flexibility index (Phi) is 5.63. The fourth-order valence-electron chi connectivity index (χ4n) is 1.93. The summed E-state index contributed by atoms with van der Waals surface area (Å²) in [5.41, 5.74) is 3.13. The van der Waals surface area contributed by atoms with Crippen molar-refractivity contribution in [2.24, 2.45) is 0 Å². The quantitative estimate of drug-likeness (QED) is 0.834. The van der Waals surface area contributed by atoms with E-state index >= 15 is 0 Å². The van der Waals surface area contributed by atoms with Crippen LogP contribution in [0, 0.1) is 0 Å². The van der Waals surface area contributed by atoms with Crippen molar-refractivity contribution < 1.29 is 9.59 Å². The molecule has 0 saturated heterocycles. The van der Waals surface area contributed by atoms with Crippen LogP contribution in [0.2, 0.25) is 0 Å². The average molecular weight is 309 g/mol. The molecule has 2 rings (SSSR count). The largest absolute Gasteiger partial charge is 0.348 e. The molecule has 5 heteroatoms. The van der Waals surface area contributed by atoms with Crippen LogP contribution in [0.4, 0.5) is 5.69 Å². The summed E-state index contributed by atoms with van der Waals surface area (Å²) in [6.45, 7) is 4.15. The minimum absolute atomic E-state index is 0.150. The molecule has 2 aromatic rings. The van der Waals surface area contributed by atoms with Gasteiger partial charge in [-0.2, -0.15) is 0 Å². The van der Waals surface area contributed by atoms with E-state index in [0.29, 0.717) is 12.1 Å². The fraction of sp³-hybridized carbons (Fsp3) is 0.167. The highest BCUT2D eigenvalue weighted by Crippen LogP contribution is 2.10. The number of pyridine rings is 1. The van der Waals surface area contributed by atoms with E-state index in [1.165, 1.54) is 6.20 Å². The van der Waals surface area contributed by atoms with Crippen molar-refractivity contribution in [2.45, 2.75) is 20.4 Å². The van der Waals surface area contributed by atoms with Crippen LogP contribution in [0.25, 0.3) is 0 Å². The summed E-state index contributed by atoms with van der Waals surface area (Å²) < 4.78 is 0. The first-order chi connectivity index (χ1) is 11.0. The van der Waals surface area contributed by atoms with E-state index in [0.717, 1.165) is 16.8 Å². The van der Waals surface area contributed by atoms with Crippen molar-refractivity contribution in [1.82, 2.24) is 10.3 Å². The monoisotopic (exact) mass is 309 g/mol. The Hall–Kier alpha value is -2.95.